The Hall–Kier alpha value is -2.34. The third kappa shape index (κ3) is 3.12. The van der Waals surface area contributed by atoms with Crippen molar-refractivity contribution >= 4 is 39.8 Å². The van der Waals surface area contributed by atoms with Crippen LogP contribution in [0.5, 0.6) is 0 Å². The molecule has 1 fully saturated rings. The molecular formula is C22H20N2O2S. The monoisotopic (exact) mass is 376 g/mol. The van der Waals surface area contributed by atoms with Gasteiger partial charge in [-0.1, -0.05) is 48.2 Å². The first-order valence-electron chi connectivity index (χ1n) is 9.22. The van der Waals surface area contributed by atoms with Crippen LogP contribution in [0.25, 0.3) is 10.8 Å². The fraction of sp³-hybridized carbons (Fsp3) is 0.227. The lowest BCUT2D eigenvalue weighted by Gasteiger charge is -2.34. The van der Waals surface area contributed by atoms with Crippen LogP contribution in [0.2, 0.25) is 0 Å². The Morgan fingerprint density at radius 3 is 2.41 bits per heavy atom. The van der Waals surface area contributed by atoms with Crippen LogP contribution in [-0.4, -0.2) is 43.7 Å². The van der Waals surface area contributed by atoms with Crippen molar-refractivity contribution in [2.45, 2.75) is 9.79 Å². The van der Waals surface area contributed by atoms with Crippen molar-refractivity contribution in [3.8, 4) is 0 Å². The van der Waals surface area contributed by atoms with Gasteiger partial charge in [0.05, 0.1) is 31.1 Å². The number of amides is 1. The van der Waals surface area contributed by atoms with Crippen molar-refractivity contribution in [3.05, 3.63) is 60.7 Å². The molecule has 2 aliphatic heterocycles. The predicted octanol–water partition coefficient (Wildman–Crippen LogP) is 4.30. The Morgan fingerprint density at radius 1 is 0.889 bits per heavy atom. The summed E-state index contributed by atoms with van der Waals surface area (Å²) in [5.41, 5.74) is 1.96. The van der Waals surface area contributed by atoms with Gasteiger partial charge >= 0.3 is 0 Å². The fourth-order valence-corrected chi connectivity index (χ4v) is 4.82. The number of anilines is 2. The van der Waals surface area contributed by atoms with Crippen LogP contribution < -0.4 is 4.90 Å². The van der Waals surface area contributed by atoms with E-state index in [2.05, 4.69) is 41.3 Å². The number of para-hydroxylation sites is 1. The van der Waals surface area contributed by atoms with E-state index in [1.54, 1.807) is 11.8 Å². The smallest absolute Gasteiger partial charge is 0.245 e. The van der Waals surface area contributed by atoms with Crippen molar-refractivity contribution in [2.24, 2.45) is 0 Å². The number of carbonyl (C=O) groups is 1. The molecule has 136 valence electrons. The molecule has 2 heterocycles. The van der Waals surface area contributed by atoms with Gasteiger partial charge in [0.25, 0.3) is 0 Å². The van der Waals surface area contributed by atoms with Crippen molar-refractivity contribution < 1.29 is 9.53 Å². The van der Waals surface area contributed by atoms with E-state index in [1.165, 1.54) is 5.39 Å². The van der Waals surface area contributed by atoms with Crippen molar-refractivity contribution in [1.29, 1.82) is 0 Å². The first-order valence-corrected chi connectivity index (χ1v) is 10.0. The summed E-state index contributed by atoms with van der Waals surface area (Å²) in [4.78, 5) is 19.7. The highest BCUT2D eigenvalue weighted by atomic mass is 32.2. The van der Waals surface area contributed by atoms with E-state index >= 15 is 0 Å². The molecule has 3 aromatic rings. The molecule has 0 N–H and O–H groups in total. The average molecular weight is 376 g/mol. The fourth-order valence-electron chi connectivity index (χ4n) is 3.73. The zero-order valence-corrected chi connectivity index (χ0v) is 15.7. The largest absolute Gasteiger partial charge is 0.379 e. The zero-order chi connectivity index (χ0) is 18.2. The van der Waals surface area contributed by atoms with Crippen LogP contribution in [0.3, 0.4) is 0 Å². The topological polar surface area (TPSA) is 32.8 Å². The summed E-state index contributed by atoms with van der Waals surface area (Å²) in [6.45, 7) is 3.41. The number of ether oxygens (including phenoxy) is 1. The molecule has 27 heavy (non-hydrogen) atoms. The number of nitrogens with zero attached hydrogens (tertiary/aromatic N) is 2. The maximum atomic E-state index is 13.4. The molecule has 5 heteroatoms. The van der Waals surface area contributed by atoms with E-state index in [1.807, 2.05) is 29.2 Å². The van der Waals surface area contributed by atoms with Gasteiger partial charge in [-0.15, -0.1) is 0 Å². The molecule has 0 radical (unpaired) electrons. The predicted molar refractivity (Wildman–Crippen MR) is 109 cm³/mol. The number of fused-ring (bicyclic) bond motifs is 3. The standard InChI is InChI=1S/C22H20N2O2S/c25-22(15-23-9-11-26-12-10-23)24-18-7-3-4-8-20(18)27-21-14-17-6-2-1-5-16(17)13-19(21)24/h1-8,13-14H,9-12,15H2. The molecule has 1 amide bonds. The molecule has 0 atom stereocenters. The highest BCUT2D eigenvalue weighted by molar-refractivity contribution is 7.99. The lowest BCUT2D eigenvalue weighted by atomic mass is 10.1. The lowest BCUT2D eigenvalue weighted by molar-refractivity contribution is -0.120. The van der Waals surface area contributed by atoms with Crippen LogP contribution in [0, 0.1) is 0 Å². The summed E-state index contributed by atoms with van der Waals surface area (Å²) in [6, 6.07) is 20.8. The second-order valence-electron chi connectivity index (χ2n) is 6.85. The summed E-state index contributed by atoms with van der Waals surface area (Å²) in [5.74, 6) is 0.112. The van der Waals surface area contributed by atoms with Gasteiger partial charge in [0.2, 0.25) is 5.91 Å². The molecule has 4 nitrogen and oxygen atoms in total. The quantitative estimate of drug-likeness (QED) is 0.668. The van der Waals surface area contributed by atoms with E-state index in [0.717, 1.165) is 39.6 Å². The number of benzene rings is 3. The molecule has 0 aliphatic carbocycles. The first kappa shape index (κ1) is 16.8. The van der Waals surface area contributed by atoms with Gasteiger partial charge in [-0.25, -0.2) is 0 Å². The summed E-state index contributed by atoms with van der Waals surface area (Å²) >= 11 is 1.74. The van der Waals surface area contributed by atoms with E-state index < -0.39 is 0 Å². The summed E-state index contributed by atoms with van der Waals surface area (Å²) in [5, 5.41) is 2.35. The molecule has 0 bridgehead atoms. The maximum Gasteiger partial charge on any atom is 0.245 e. The number of morpholine rings is 1. The minimum absolute atomic E-state index is 0.112. The van der Waals surface area contributed by atoms with Crippen LogP contribution in [-0.2, 0) is 9.53 Å². The van der Waals surface area contributed by atoms with Crippen molar-refractivity contribution in [1.82, 2.24) is 4.90 Å². The SMILES string of the molecule is O=C(CN1CCOCC1)N1c2ccccc2Sc2cc3ccccc3cc21. The zero-order valence-electron chi connectivity index (χ0n) is 14.9. The number of hydrogen-bond donors (Lipinski definition) is 0. The maximum absolute atomic E-state index is 13.4. The van der Waals surface area contributed by atoms with Crippen LogP contribution >= 0.6 is 11.8 Å². The van der Waals surface area contributed by atoms with Gasteiger partial charge in [-0.2, -0.15) is 0 Å². The third-order valence-electron chi connectivity index (χ3n) is 5.11. The number of rotatable bonds is 2. The first-order chi connectivity index (χ1) is 13.3. The Bertz CT molecular complexity index is 1010. The summed E-state index contributed by atoms with van der Waals surface area (Å²) in [7, 11) is 0. The number of hydrogen-bond acceptors (Lipinski definition) is 4. The average Bonchev–Trinajstić information content (AvgIpc) is 2.71. The molecule has 0 spiro atoms. The Morgan fingerprint density at radius 2 is 1.59 bits per heavy atom. The number of carbonyl (C=O) groups excluding carboxylic acids is 1. The van der Waals surface area contributed by atoms with Gasteiger partial charge < -0.3 is 4.74 Å². The van der Waals surface area contributed by atoms with E-state index in [9.17, 15) is 4.79 Å². The lowest BCUT2D eigenvalue weighted by Crippen LogP contribution is -2.44. The molecular weight excluding hydrogens is 356 g/mol. The second-order valence-corrected chi connectivity index (χ2v) is 7.94. The highest BCUT2D eigenvalue weighted by Crippen LogP contribution is 2.49. The van der Waals surface area contributed by atoms with Gasteiger partial charge in [0, 0.05) is 22.9 Å². The van der Waals surface area contributed by atoms with E-state index in [4.69, 9.17) is 4.74 Å². The van der Waals surface area contributed by atoms with Crippen molar-refractivity contribution in [3.63, 3.8) is 0 Å². The Balaban J connectivity index is 1.58. The third-order valence-corrected chi connectivity index (χ3v) is 6.22. The highest BCUT2D eigenvalue weighted by Gasteiger charge is 2.29. The van der Waals surface area contributed by atoms with E-state index in [0.29, 0.717) is 19.8 Å². The minimum atomic E-state index is 0.112. The van der Waals surface area contributed by atoms with Gasteiger partial charge in [0.1, 0.15) is 0 Å². The molecule has 0 unspecified atom stereocenters. The van der Waals surface area contributed by atoms with Crippen LogP contribution in [0.1, 0.15) is 0 Å². The van der Waals surface area contributed by atoms with Gasteiger partial charge in [-0.3, -0.25) is 14.6 Å². The molecule has 1 saturated heterocycles. The molecule has 2 aliphatic rings. The normalized spacial score (nSPS) is 16.8. The Labute approximate surface area is 162 Å². The van der Waals surface area contributed by atoms with Gasteiger partial charge in [0.15, 0.2) is 0 Å². The van der Waals surface area contributed by atoms with Crippen LogP contribution in [0.4, 0.5) is 11.4 Å². The minimum Gasteiger partial charge on any atom is -0.379 e. The second kappa shape index (κ2) is 7.00. The molecule has 3 aromatic carbocycles. The summed E-state index contributed by atoms with van der Waals surface area (Å²) in [6.07, 6.45) is 0. The molecule has 0 saturated carbocycles. The summed E-state index contributed by atoms with van der Waals surface area (Å²) < 4.78 is 5.42. The van der Waals surface area contributed by atoms with E-state index in [-0.39, 0.29) is 5.91 Å². The Kier molecular flexibility index (Phi) is 4.36. The molecule has 5 rings (SSSR count). The molecule has 0 aromatic heterocycles. The van der Waals surface area contributed by atoms with Gasteiger partial charge in [-0.05, 0) is 35.0 Å². The van der Waals surface area contributed by atoms with Crippen LogP contribution in [0.15, 0.2) is 70.5 Å². The van der Waals surface area contributed by atoms with Crippen molar-refractivity contribution in [2.75, 3.05) is 37.7 Å².